The first-order valence-electron chi connectivity index (χ1n) is 8.05. The van der Waals surface area contributed by atoms with E-state index in [1.165, 1.54) is 11.3 Å². The number of carbonyl (C=O) groups is 2. The van der Waals surface area contributed by atoms with Crippen molar-refractivity contribution in [2.45, 2.75) is 31.8 Å². The number of hydrogen-bond acceptors (Lipinski definition) is 6. The standard InChI is InChI=1S/C16H17N5O2S/c22-15-16(23)21(12-2-1-3-12)8-7-20(15)10-11-4-5-13(19-18-11)14-17-6-9-24-14/h4-6,9,12H,1-3,7-8,10H2. The normalized spacial score (nSPS) is 18.8. The summed E-state index contributed by atoms with van der Waals surface area (Å²) < 4.78 is 0. The molecule has 0 spiro atoms. The average molecular weight is 343 g/mol. The van der Waals surface area contributed by atoms with Crippen LogP contribution in [0.5, 0.6) is 0 Å². The van der Waals surface area contributed by atoms with E-state index < -0.39 is 5.91 Å². The number of amides is 2. The van der Waals surface area contributed by atoms with Gasteiger partial charge in [-0.25, -0.2) is 4.98 Å². The number of piperazine rings is 1. The van der Waals surface area contributed by atoms with Crippen LogP contribution in [0.4, 0.5) is 0 Å². The summed E-state index contributed by atoms with van der Waals surface area (Å²) in [7, 11) is 0. The number of thiazole rings is 1. The number of hydrogen-bond donors (Lipinski definition) is 0. The molecule has 1 aliphatic carbocycles. The van der Waals surface area contributed by atoms with Crippen LogP contribution in [0.2, 0.25) is 0 Å². The van der Waals surface area contributed by atoms with E-state index in [1.807, 2.05) is 17.5 Å². The zero-order valence-corrected chi connectivity index (χ0v) is 13.9. The van der Waals surface area contributed by atoms with E-state index in [-0.39, 0.29) is 11.9 Å². The van der Waals surface area contributed by atoms with Crippen LogP contribution in [-0.2, 0) is 16.1 Å². The van der Waals surface area contributed by atoms with Gasteiger partial charge in [-0.1, -0.05) is 0 Å². The molecule has 0 N–H and O–H groups in total. The lowest BCUT2D eigenvalue weighted by Gasteiger charge is -2.42. The molecule has 7 nitrogen and oxygen atoms in total. The van der Waals surface area contributed by atoms with Crippen LogP contribution in [0.25, 0.3) is 10.7 Å². The van der Waals surface area contributed by atoms with Gasteiger partial charge in [0.05, 0.1) is 12.2 Å². The Labute approximate surface area is 143 Å². The van der Waals surface area contributed by atoms with Gasteiger partial charge in [-0.3, -0.25) is 9.59 Å². The van der Waals surface area contributed by atoms with Gasteiger partial charge in [0.1, 0.15) is 10.7 Å². The molecule has 124 valence electrons. The van der Waals surface area contributed by atoms with Gasteiger partial charge in [0.15, 0.2) is 0 Å². The highest BCUT2D eigenvalue weighted by atomic mass is 32.1. The molecule has 0 unspecified atom stereocenters. The molecule has 2 amide bonds. The van der Waals surface area contributed by atoms with Gasteiger partial charge in [0, 0.05) is 30.7 Å². The lowest BCUT2D eigenvalue weighted by atomic mass is 9.91. The molecule has 0 radical (unpaired) electrons. The molecule has 2 aromatic rings. The van der Waals surface area contributed by atoms with Gasteiger partial charge in [-0.05, 0) is 31.4 Å². The van der Waals surface area contributed by atoms with Crippen molar-refractivity contribution in [2.24, 2.45) is 0 Å². The van der Waals surface area contributed by atoms with E-state index in [1.54, 1.807) is 16.0 Å². The van der Waals surface area contributed by atoms with Crippen LogP contribution < -0.4 is 0 Å². The van der Waals surface area contributed by atoms with Crippen molar-refractivity contribution in [3.63, 3.8) is 0 Å². The summed E-state index contributed by atoms with van der Waals surface area (Å²) in [5.41, 5.74) is 1.39. The Morgan fingerprint density at radius 2 is 2.00 bits per heavy atom. The third kappa shape index (κ3) is 2.77. The summed E-state index contributed by atoms with van der Waals surface area (Å²) in [4.78, 5) is 32.1. The van der Waals surface area contributed by atoms with Gasteiger partial charge >= 0.3 is 11.8 Å². The highest BCUT2D eigenvalue weighted by molar-refractivity contribution is 7.13. The SMILES string of the molecule is O=C1C(=O)N(C2CCC2)CCN1Cc1ccc(-c2nccs2)nn1. The molecule has 0 atom stereocenters. The molecule has 0 aromatic carbocycles. The number of nitrogens with zero attached hydrogens (tertiary/aromatic N) is 5. The fourth-order valence-electron chi connectivity index (χ4n) is 2.99. The minimum atomic E-state index is -0.432. The van der Waals surface area contributed by atoms with Gasteiger partial charge in [0.2, 0.25) is 0 Å². The Hall–Kier alpha value is -2.35. The van der Waals surface area contributed by atoms with Gasteiger partial charge in [-0.2, -0.15) is 5.10 Å². The molecule has 2 aliphatic rings. The Morgan fingerprint density at radius 1 is 1.12 bits per heavy atom. The van der Waals surface area contributed by atoms with Crippen molar-refractivity contribution in [2.75, 3.05) is 13.1 Å². The van der Waals surface area contributed by atoms with E-state index >= 15 is 0 Å². The summed E-state index contributed by atoms with van der Waals surface area (Å²) >= 11 is 1.50. The van der Waals surface area contributed by atoms with Gasteiger partial charge < -0.3 is 9.80 Å². The molecule has 2 aromatic heterocycles. The van der Waals surface area contributed by atoms with E-state index in [9.17, 15) is 9.59 Å². The van der Waals surface area contributed by atoms with E-state index in [0.717, 1.165) is 24.3 Å². The van der Waals surface area contributed by atoms with E-state index in [2.05, 4.69) is 15.2 Å². The molecule has 24 heavy (non-hydrogen) atoms. The maximum Gasteiger partial charge on any atom is 0.312 e. The van der Waals surface area contributed by atoms with E-state index in [4.69, 9.17) is 0 Å². The smallest absolute Gasteiger partial charge is 0.312 e. The lowest BCUT2D eigenvalue weighted by Crippen LogP contribution is -2.58. The summed E-state index contributed by atoms with van der Waals surface area (Å²) in [6.45, 7) is 1.48. The topological polar surface area (TPSA) is 79.3 Å². The molecule has 8 heteroatoms. The fraction of sp³-hybridized carbons (Fsp3) is 0.438. The summed E-state index contributed by atoms with van der Waals surface area (Å²) in [5.74, 6) is -0.808. The zero-order valence-electron chi connectivity index (χ0n) is 13.1. The Bertz CT molecular complexity index is 742. The molecular weight excluding hydrogens is 326 g/mol. The maximum absolute atomic E-state index is 12.3. The van der Waals surface area contributed by atoms with Crippen LogP contribution in [0.3, 0.4) is 0 Å². The predicted molar refractivity (Wildman–Crippen MR) is 87.9 cm³/mol. The average Bonchev–Trinajstić information content (AvgIpc) is 3.08. The summed E-state index contributed by atoms with van der Waals surface area (Å²) in [6.07, 6.45) is 4.90. The fourth-order valence-corrected chi connectivity index (χ4v) is 3.59. The third-order valence-electron chi connectivity index (χ3n) is 4.58. The predicted octanol–water partition coefficient (Wildman–Crippen LogP) is 1.32. The first-order chi connectivity index (χ1) is 11.7. The van der Waals surface area contributed by atoms with Crippen molar-refractivity contribution in [3.05, 3.63) is 29.4 Å². The Balaban J connectivity index is 1.42. The Morgan fingerprint density at radius 3 is 2.62 bits per heavy atom. The molecule has 4 rings (SSSR count). The number of aromatic nitrogens is 3. The first kappa shape index (κ1) is 15.2. The zero-order chi connectivity index (χ0) is 16.5. The monoisotopic (exact) mass is 343 g/mol. The molecule has 1 saturated carbocycles. The van der Waals surface area contributed by atoms with Crippen LogP contribution in [0.1, 0.15) is 25.0 Å². The van der Waals surface area contributed by atoms with Crippen molar-refractivity contribution >= 4 is 23.2 Å². The second kappa shape index (κ2) is 6.27. The summed E-state index contributed by atoms with van der Waals surface area (Å²) in [6, 6.07) is 3.94. The lowest BCUT2D eigenvalue weighted by molar-refractivity contribution is -0.159. The van der Waals surface area contributed by atoms with Crippen molar-refractivity contribution in [1.29, 1.82) is 0 Å². The van der Waals surface area contributed by atoms with Crippen LogP contribution in [-0.4, -0.2) is 55.9 Å². The number of carbonyl (C=O) groups excluding carboxylic acids is 2. The van der Waals surface area contributed by atoms with Crippen molar-refractivity contribution < 1.29 is 9.59 Å². The minimum Gasteiger partial charge on any atom is -0.330 e. The molecule has 0 bridgehead atoms. The van der Waals surface area contributed by atoms with Crippen LogP contribution in [0, 0.1) is 0 Å². The van der Waals surface area contributed by atoms with Gasteiger partial charge in [-0.15, -0.1) is 16.4 Å². The molecule has 3 heterocycles. The largest absolute Gasteiger partial charge is 0.330 e. The maximum atomic E-state index is 12.3. The van der Waals surface area contributed by atoms with E-state index in [0.29, 0.717) is 31.0 Å². The summed E-state index contributed by atoms with van der Waals surface area (Å²) in [5, 5.41) is 11.0. The quantitative estimate of drug-likeness (QED) is 0.783. The highest BCUT2D eigenvalue weighted by Gasteiger charge is 2.38. The first-order valence-corrected chi connectivity index (χ1v) is 8.92. The molecule has 2 fully saturated rings. The second-order valence-electron chi connectivity index (χ2n) is 6.06. The Kier molecular flexibility index (Phi) is 3.97. The van der Waals surface area contributed by atoms with Crippen LogP contribution >= 0.6 is 11.3 Å². The molecule has 1 aliphatic heterocycles. The second-order valence-corrected chi connectivity index (χ2v) is 6.95. The van der Waals surface area contributed by atoms with Crippen molar-refractivity contribution in [1.82, 2.24) is 25.0 Å². The third-order valence-corrected chi connectivity index (χ3v) is 5.38. The van der Waals surface area contributed by atoms with Crippen LogP contribution in [0.15, 0.2) is 23.7 Å². The molecule has 1 saturated heterocycles. The molecular formula is C16H17N5O2S. The highest BCUT2D eigenvalue weighted by Crippen LogP contribution is 2.26. The van der Waals surface area contributed by atoms with Crippen molar-refractivity contribution in [3.8, 4) is 10.7 Å². The minimum absolute atomic E-state index is 0.265. The van der Waals surface area contributed by atoms with Gasteiger partial charge in [0.25, 0.3) is 0 Å². The number of rotatable bonds is 4.